The lowest BCUT2D eigenvalue weighted by atomic mass is 10.1. The molecule has 0 bridgehead atoms. The van der Waals surface area contributed by atoms with E-state index >= 15 is 0 Å². The fraction of sp³-hybridized carbons (Fsp3) is 0.500. The number of halogens is 1. The second-order valence-corrected chi connectivity index (χ2v) is 4.69. The Morgan fingerprint density at radius 1 is 1.53 bits per heavy atom. The van der Waals surface area contributed by atoms with Gasteiger partial charge in [0.25, 0.3) is 5.91 Å². The zero-order valence-corrected chi connectivity index (χ0v) is 12.2. The fourth-order valence-electron chi connectivity index (χ4n) is 2.27. The van der Waals surface area contributed by atoms with Crippen LogP contribution in [0.4, 0.5) is 0 Å². The molecule has 1 atom stereocenters. The number of methoxy groups -OCH3 is 1. The average Bonchev–Trinajstić information content (AvgIpc) is 2.39. The Bertz CT molecular complexity index is 426. The minimum atomic E-state index is 0. The second kappa shape index (κ2) is 7.48. The molecule has 19 heavy (non-hydrogen) atoms. The van der Waals surface area contributed by atoms with Crippen molar-refractivity contribution in [3.05, 3.63) is 35.4 Å². The third-order valence-corrected chi connectivity index (χ3v) is 3.25. The van der Waals surface area contributed by atoms with Crippen LogP contribution in [0.1, 0.15) is 22.8 Å². The highest BCUT2D eigenvalue weighted by Gasteiger charge is 2.23. The zero-order valence-electron chi connectivity index (χ0n) is 11.4. The van der Waals surface area contributed by atoms with E-state index in [1.54, 1.807) is 7.11 Å². The van der Waals surface area contributed by atoms with Crippen LogP contribution < -0.4 is 5.32 Å². The predicted molar refractivity (Wildman–Crippen MR) is 77.8 cm³/mol. The molecular weight excluding hydrogens is 264 g/mol. The van der Waals surface area contributed by atoms with Crippen molar-refractivity contribution in [3.63, 3.8) is 0 Å². The maximum Gasteiger partial charge on any atom is 0.254 e. The van der Waals surface area contributed by atoms with Gasteiger partial charge in [-0.15, -0.1) is 12.4 Å². The molecule has 1 fully saturated rings. The third kappa shape index (κ3) is 3.93. The summed E-state index contributed by atoms with van der Waals surface area (Å²) in [5.41, 5.74) is 1.78. The molecule has 1 saturated heterocycles. The van der Waals surface area contributed by atoms with Crippen LogP contribution in [-0.4, -0.2) is 43.6 Å². The number of piperazine rings is 1. The molecule has 1 unspecified atom stereocenters. The average molecular weight is 285 g/mol. The van der Waals surface area contributed by atoms with E-state index in [9.17, 15) is 4.79 Å². The van der Waals surface area contributed by atoms with Crippen molar-refractivity contribution in [1.29, 1.82) is 0 Å². The number of benzene rings is 1. The second-order valence-electron chi connectivity index (χ2n) is 4.69. The Hall–Kier alpha value is -1.10. The number of carbonyl (C=O) groups is 1. The minimum absolute atomic E-state index is 0. The van der Waals surface area contributed by atoms with Crippen molar-refractivity contribution in [2.45, 2.75) is 19.6 Å². The van der Waals surface area contributed by atoms with Gasteiger partial charge in [0.05, 0.1) is 6.61 Å². The van der Waals surface area contributed by atoms with Gasteiger partial charge >= 0.3 is 0 Å². The van der Waals surface area contributed by atoms with Crippen LogP contribution >= 0.6 is 12.4 Å². The van der Waals surface area contributed by atoms with Gasteiger partial charge in [-0.1, -0.05) is 12.1 Å². The summed E-state index contributed by atoms with van der Waals surface area (Å²) in [5.74, 6) is 0.113. The molecule has 0 saturated carbocycles. The van der Waals surface area contributed by atoms with Gasteiger partial charge in [-0.05, 0) is 24.6 Å². The molecule has 1 N–H and O–H groups in total. The lowest BCUT2D eigenvalue weighted by Gasteiger charge is -2.34. The summed E-state index contributed by atoms with van der Waals surface area (Å²) in [6.07, 6.45) is 0. The topological polar surface area (TPSA) is 41.6 Å². The molecule has 1 amide bonds. The summed E-state index contributed by atoms with van der Waals surface area (Å²) in [4.78, 5) is 14.4. The van der Waals surface area contributed by atoms with Crippen molar-refractivity contribution in [1.82, 2.24) is 10.2 Å². The maximum absolute atomic E-state index is 12.4. The standard InChI is InChI=1S/C14H20N2O2.ClH/c1-11-9-15-6-7-16(11)14(17)13-5-3-4-12(8-13)10-18-2;/h3-5,8,11,15H,6-7,9-10H2,1-2H3;1H. The zero-order chi connectivity index (χ0) is 13.0. The summed E-state index contributed by atoms with van der Waals surface area (Å²) in [6, 6.07) is 7.92. The van der Waals surface area contributed by atoms with E-state index in [0.717, 1.165) is 30.8 Å². The fourth-order valence-corrected chi connectivity index (χ4v) is 2.27. The molecule has 0 radical (unpaired) electrons. The molecule has 1 aliphatic heterocycles. The van der Waals surface area contributed by atoms with Gasteiger partial charge in [0.1, 0.15) is 0 Å². The van der Waals surface area contributed by atoms with E-state index in [-0.39, 0.29) is 24.4 Å². The first-order valence-electron chi connectivity index (χ1n) is 6.32. The van der Waals surface area contributed by atoms with Crippen molar-refractivity contribution in [2.24, 2.45) is 0 Å². The maximum atomic E-state index is 12.4. The first kappa shape index (κ1) is 16.0. The van der Waals surface area contributed by atoms with Gasteiger partial charge in [0.15, 0.2) is 0 Å². The van der Waals surface area contributed by atoms with Gasteiger partial charge in [-0.3, -0.25) is 4.79 Å². The monoisotopic (exact) mass is 284 g/mol. The molecule has 2 rings (SSSR count). The van der Waals surface area contributed by atoms with Gasteiger partial charge in [-0.2, -0.15) is 0 Å². The van der Waals surface area contributed by atoms with Gasteiger partial charge in [0, 0.05) is 38.3 Å². The van der Waals surface area contributed by atoms with Crippen LogP contribution in [0.5, 0.6) is 0 Å². The predicted octanol–water partition coefficient (Wildman–Crippen LogP) is 1.69. The van der Waals surface area contributed by atoms with E-state index in [2.05, 4.69) is 12.2 Å². The number of nitrogens with one attached hydrogen (secondary N) is 1. The quantitative estimate of drug-likeness (QED) is 0.918. The summed E-state index contributed by atoms with van der Waals surface area (Å²) in [5, 5.41) is 3.29. The van der Waals surface area contributed by atoms with Crippen LogP contribution in [0.15, 0.2) is 24.3 Å². The van der Waals surface area contributed by atoms with E-state index in [0.29, 0.717) is 6.61 Å². The normalized spacial score (nSPS) is 18.8. The summed E-state index contributed by atoms with van der Waals surface area (Å²) >= 11 is 0. The lowest BCUT2D eigenvalue weighted by Crippen LogP contribution is -2.52. The van der Waals surface area contributed by atoms with Crippen molar-refractivity contribution < 1.29 is 9.53 Å². The Morgan fingerprint density at radius 2 is 2.32 bits per heavy atom. The first-order chi connectivity index (χ1) is 8.72. The van der Waals surface area contributed by atoms with Crippen molar-refractivity contribution in [3.8, 4) is 0 Å². The van der Waals surface area contributed by atoms with Crippen LogP contribution in [0.2, 0.25) is 0 Å². The number of carbonyl (C=O) groups excluding carboxylic acids is 1. The summed E-state index contributed by atoms with van der Waals surface area (Å²) < 4.78 is 5.09. The molecule has 5 heteroatoms. The first-order valence-corrected chi connectivity index (χ1v) is 6.32. The van der Waals surface area contributed by atoms with Gasteiger partial charge in [0.2, 0.25) is 0 Å². The SMILES string of the molecule is COCc1cccc(C(=O)N2CCNCC2C)c1.Cl. The largest absolute Gasteiger partial charge is 0.380 e. The highest BCUT2D eigenvalue weighted by atomic mass is 35.5. The van der Waals surface area contributed by atoms with Crippen LogP contribution in [0.25, 0.3) is 0 Å². The Balaban J connectivity index is 0.00000180. The number of ether oxygens (including phenoxy) is 1. The molecule has 0 spiro atoms. The van der Waals surface area contributed by atoms with Crippen molar-refractivity contribution in [2.75, 3.05) is 26.7 Å². The molecule has 1 aromatic carbocycles. The van der Waals surface area contributed by atoms with E-state index in [1.807, 2.05) is 29.2 Å². The molecule has 0 aromatic heterocycles. The van der Waals surface area contributed by atoms with E-state index in [4.69, 9.17) is 4.74 Å². The minimum Gasteiger partial charge on any atom is -0.380 e. The molecule has 0 aliphatic carbocycles. The molecular formula is C14H21ClN2O2. The van der Waals surface area contributed by atoms with Gasteiger partial charge in [-0.25, -0.2) is 0 Å². The van der Waals surface area contributed by atoms with E-state index < -0.39 is 0 Å². The third-order valence-electron chi connectivity index (χ3n) is 3.25. The highest BCUT2D eigenvalue weighted by Crippen LogP contribution is 2.12. The highest BCUT2D eigenvalue weighted by molar-refractivity contribution is 5.94. The number of hydrogen-bond acceptors (Lipinski definition) is 3. The van der Waals surface area contributed by atoms with Gasteiger partial charge < -0.3 is 15.0 Å². The van der Waals surface area contributed by atoms with Crippen LogP contribution in [-0.2, 0) is 11.3 Å². The number of amides is 1. The van der Waals surface area contributed by atoms with Crippen LogP contribution in [0, 0.1) is 0 Å². The number of rotatable bonds is 3. The molecule has 106 valence electrons. The molecule has 1 heterocycles. The molecule has 1 aliphatic rings. The summed E-state index contributed by atoms with van der Waals surface area (Å²) in [7, 11) is 1.66. The Kier molecular flexibility index (Phi) is 6.28. The molecule has 1 aromatic rings. The van der Waals surface area contributed by atoms with E-state index in [1.165, 1.54) is 0 Å². The smallest absolute Gasteiger partial charge is 0.254 e. The number of hydrogen-bond donors (Lipinski definition) is 1. The lowest BCUT2D eigenvalue weighted by molar-refractivity contribution is 0.0655. The molecule has 4 nitrogen and oxygen atoms in total. The summed E-state index contributed by atoms with van der Waals surface area (Å²) in [6.45, 7) is 5.12. The number of nitrogens with zero attached hydrogens (tertiary/aromatic N) is 1. The Morgan fingerprint density at radius 3 is 3.00 bits per heavy atom. The Labute approximate surface area is 120 Å². The van der Waals surface area contributed by atoms with Crippen molar-refractivity contribution >= 4 is 18.3 Å². The van der Waals surface area contributed by atoms with Crippen LogP contribution in [0.3, 0.4) is 0 Å².